The Morgan fingerprint density at radius 2 is 1.69 bits per heavy atom. The quantitative estimate of drug-likeness (QED) is 0.558. The van der Waals surface area contributed by atoms with Gasteiger partial charge in [0, 0.05) is 20.0 Å². The lowest BCUT2D eigenvalue weighted by Crippen LogP contribution is -2.27. The van der Waals surface area contributed by atoms with Gasteiger partial charge in [-0.3, -0.25) is 4.79 Å². The zero-order chi connectivity index (χ0) is 10.1. The van der Waals surface area contributed by atoms with Gasteiger partial charge in [0.1, 0.15) is 0 Å². The highest BCUT2D eigenvalue weighted by molar-refractivity contribution is 5.75. The molecule has 0 radical (unpaired) electrons. The third-order valence-corrected chi connectivity index (χ3v) is 2.27. The summed E-state index contributed by atoms with van der Waals surface area (Å²) in [6.45, 7) is 5.22. The second-order valence-electron chi connectivity index (χ2n) is 3.63. The van der Waals surface area contributed by atoms with Gasteiger partial charge in [-0.1, -0.05) is 33.1 Å². The van der Waals surface area contributed by atoms with Crippen LogP contribution in [0.2, 0.25) is 0 Å². The number of hydrogen-bond acceptors (Lipinski definition) is 1. The normalized spacial score (nSPS) is 10.1. The first kappa shape index (κ1) is 12.5. The van der Waals surface area contributed by atoms with Crippen molar-refractivity contribution in [1.29, 1.82) is 0 Å². The number of unbranched alkanes of at least 4 members (excludes halogenated alkanes) is 3. The minimum atomic E-state index is 0.307. The summed E-state index contributed by atoms with van der Waals surface area (Å²) in [5, 5.41) is 0. The zero-order valence-electron chi connectivity index (χ0n) is 9.31. The summed E-state index contributed by atoms with van der Waals surface area (Å²) in [6, 6.07) is 0. The molecule has 1 amide bonds. The number of nitrogens with zero attached hydrogens (tertiary/aromatic N) is 1. The topological polar surface area (TPSA) is 20.3 Å². The van der Waals surface area contributed by atoms with Crippen molar-refractivity contribution in [2.24, 2.45) is 0 Å². The van der Waals surface area contributed by atoms with Gasteiger partial charge in [-0.15, -0.1) is 0 Å². The monoisotopic (exact) mass is 185 g/mol. The van der Waals surface area contributed by atoms with Crippen molar-refractivity contribution >= 4 is 5.91 Å². The van der Waals surface area contributed by atoms with Crippen molar-refractivity contribution in [2.75, 3.05) is 13.6 Å². The van der Waals surface area contributed by atoms with Gasteiger partial charge in [-0.25, -0.2) is 0 Å². The van der Waals surface area contributed by atoms with Crippen molar-refractivity contribution < 1.29 is 4.79 Å². The highest BCUT2D eigenvalue weighted by Gasteiger charge is 2.06. The molecule has 0 rings (SSSR count). The molecule has 0 saturated heterocycles. The molecule has 0 spiro atoms. The summed E-state index contributed by atoms with van der Waals surface area (Å²) in [5.41, 5.74) is 0. The standard InChI is InChI=1S/C11H23NO/c1-4-6-8-9-11(13)12(3)10-7-5-2/h4-10H2,1-3H3. The molecule has 2 nitrogen and oxygen atoms in total. The minimum absolute atomic E-state index is 0.307. The summed E-state index contributed by atoms with van der Waals surface area (Å²) >= 11 is 0. The number of rotatable bonds is 7. The SMILES string of the molecule is CCCCCC(=O)N(C)CCCC. The lowest BCUT2D eigenvalue weighted by Gasteiger charge is -2.16. The van der Waals surface area contributed by atoms with Crippen LogP contribution in [0.3, 0.4) is 0 Å². The molecule has 0 N–H and O–H groups in total. The molecule has 0 saturated carbocycles. The lowest BCUT2D eigenvalue weighted by atomic mass is 10.2. The molecule has 0 aromatic carbocycles. The Bertz CT molecular complexity index is 134. The third-order valence-electron chi connectivity index (χ3n) is 2.27. The highest BCUT2D eigenvalue weighted by atomic mass is 16.2. The van der Waals surface area contributed by atoms with Gasteiger partial charge < -0.3 is 4.90 Å². The second-order valence-corrected chi connectivity index (χ2v) is 3.63. The first-order valence-electron chi connectivity index (χ1n) is 5.46. The molecule has 0 aliphatic carbocycles. The van der Waals surface area contributed by atoms with Crippen LogP contribution in [-0.4, -0.2) is 24.4 Å². The van der Waals surface area contributed by atoms with Crippen LogP contribution in [0.4, 0.5) is 0 Å². The molecule has 0 aromatic rings. The summed E-state index contributed by atoms with van der Waals surface area (Å²) in [5.74, 6) is 0.307. The van der Waals surface area contributed by atoms with Crippen LogP contribution >= 0.6 is 0 Å². The second kappa shape index (κ2) is 8.09. The lowest BCUT2D eigenvalue weighted by molar-refractivity contribution is -0.130. The molecule has 78 valence electrons. The van der Waals surface area contributed by atoms with Gasteiger partial charge in [0.2, 0.25) is 5.91 Å². The number of hydrogen-bond donors (Lipinski definition) is 0. The molecule has 13 heavy (non-hydrogen) atoms. The van der Waals surface area contributed by atoms with Gasteiger partial charge >= 0.3 is 0 Å². The largest absolute Gasteiger partial charge is 0.346 e. The number of carbonyl (C=O) groups is 1. The van der Waals surface area contributed by atoms with E-state index in [4.69, 9.17) is 0 Å². The van der Waals surface area contributed by atoms with Crippen molar-refractivity contribution in [3.05, 3.63) is 0 Å². The fourth-order valence-electron chi connectivity index (χ4n) is 1.24. The van der Waals surface area contributed by atoms with E-state index in [1.165, 1.54) is 12.8 Å². The Labute approximate surface area is 82.3 Å². The van der Waals surface area contributed by atoms with Crippen LogP contribution in [-0.2, 0) is 4.79 Å². The maximum atomic E-state index is 11.4. The molecular formula is C11H23NO. The maximum Gasteiger partial charge on any atom is 0.222 e. The molecule has 2 heteroatoms. The van der Waals surface area contributed by atoms with Crippen LogP contribution in [0.25, 0.3) is 0 Å². The first-order chi connectivity index (χ1) is 6.22. The van der Waals surface area contributed by atoms with Crippen molar-refractivity contribution in [3.63, 3.8) is 0 Å². The van der Waals surface area contributed by atoms with E-state index < -0.39 is 0 Å². The Hall–Kier alpha value is -0.530. The van der Waals surface area contributed by atoms with Gasteiger partial charge in [0.15, 0.2) is 0 Å². The minimum Gasteiger partial charge on any atom is -0.346 e. The van der Waals surface area contributed by atoms with E-state index in [1.807, 2.05) is 11.9 Å². The third kappa shape index (κ3) is 6.62. The fraction of sp³-hybridized carbons (Fsp3) is 0.909. The van der Waals surface area contributed by atoms with E-state index in [-0.39, 0.29) is 0 Å². The Morgan fingerprint density at radius 3 is 2.23 bits per heavy atom. The van der Waals surface area contributed by atoms with Gasteiger partial charge in [0.05, 0.1) is 0 Å². The van der Waals surface area contributed by atoms with Crippen molar-refractivity contribution in [3.8, 4) is 0 Å². The highest BCUT2D eigenvalue weighted by Crippen LogP contribution is 2.02. The Kier molecular flexibility index (Phi) is 7.76. The Balaban J connectivity index is 3.45. The first-order valence-corrected chi connectivity index (χ1v) is 5.46. The van der Waals surface area contributed by atoms with Crippen molar-refractivity contribution in [2.45, 2.75) is 52.4 Å². The van der Waals surface area contributed by atoms with Crippen LogP contribution < -0.4 is 0 Å². The predicted octanol–water partition coefficient (Wildman–Crippen LogP) is 2.83. The maximum absolute atomic E-state index is 11.4. The Morgan fingerprint density at radius 1 is 1.08 bits per heavy atom. The van der Waals surface area contributed by atoms with E-state index in [0.29, 0.717) is 5.91 Å². The summed E-state index contributed by atoms with van der Waals surface area (Å²) in [7, 11) is 1.91. The molecule has 0 aliphatic heterocycles. The van der Waals surface area contributed by atoms with E-state index in [2.05, 4.69) is 13.8 Å². The van der Waals surface area contributed by atoms with E-state index in [0.717, 1.165) is 32.2 Å². The fourth-order valence-corrected chi connectivity index (χ4v) is 1.24. The van der Waals surface area contributed by atoms with Gasteiger partial charge in [-0.2, -0.15) is 0 Å². The van der Waals surface area contributed by atoms with E-state index in [9.17, 15) is 4.79 Å². The molecule has 0 atom stereocenters. The number of carbonyl (C=O) groups excluding carboxylic acids is 1. The van der Waals surface area contributed by atoms with E-state index >= 15 is 0 Å². The molecule has 0 bridgehead atoms. The average molecular weight is 185 g/mol. The number of amides is 1. The van der Waals surface area contributed by atoms with Crippen LogP contribution in [0.5, 0.6) is 0 Å². The van der Waals surface area contributed by atoms with E-state index in [1.54, 1.807) is 0 Å². The average Bonchev–Trinajstić information content (AvgIpc) is 2.14. The summed E-state index contributed by atoms with van der Waals surface area (Å²) in [6.07, 6.45) is 6.42. The smallest absolute Gasteiger partial charge is 0.222 e. The van der Waals surface area contributed by atoms with Crippen molar-refractivity contribution in [1.82, 2.24) is 4.90 Å². The van der Waals surface area contributed by atoms with Gasteiger partial charge in [-0.05, 0) is 12.8 Å². The van der Waals surface area contributed by atoms with Crippen LogP contribution in [0.15, 0.2) is 0 Å². The predicted molar refractivity (Wildman–Crippen MR) is 56.7 cm³/mol. The summed E-state index contributed by atoms with van der Waals surface area (Å²) in [4.78, 5) is 13.3. The molecule has 0 unspecified atom stereocenters. The molecular weight excluding hydrogens is 162 g/mol. The van der Waals surface area contributed by atoms with Crippen LogP contribution in [0.1, 0.15) is 52.4 Å². The summed E-state index contributed by atoms with van der Waals surface area (Å²) < 4.78 is 0. The van der Waals surface area contributed by atoms with Gasteiger partial charge in [0.25, 0.3) is 0 Å². The zero-order valence-corrected chi connectivity index (χ0v) is 9.31. The molecule has 0 fully saturated rings. The molecule has 0 aromatic heterocycles. The molecule has 0 aliphatic rings. The molecule has 0 heterocycles. The van der Waals surface area contributed by atoms with Crippen LogP contribution in [0, 0.1) is 0 Å².